The minimum absolute atomic E-state index is 0.0690. The molecule has 0 saturated carbocycles. The third-order valence-electron chi connectivity index (χ3n) is 3.07. The Hall–Kier alpha value is -1.39. The molecule has 1 amide bonds. The van der Waals surface area contributed by atoms with Gasteiger partial charge < -0.3 is 15.7 Å². The Kier molecular flexibility index (Phi) is 5.31. The van der Waals surface area contributed by atoms with E-state index in [0.717, 1.165) is 5.56 Å². The van der Waals surface area contributed by atoms with Crippen molar-refractivity contribution in [2.75, 3.05) is 13.7 Å². The molecule has 0 radical (unpaired) electrons. The Morgan fingerprint density at radius 3 is 2.44 bits per heavy atom. The van der Waals surface area contributed by atoms with Crippen LogP contribution in [0.5, 0.6) is 0 Å². The van der Waals surface area contributed by atoms with Gasteiger partial charge in [-0.25, -0.2) is 0 Å². The van der Waals surface area contributed by atoms with Crippen molar-refractivity contribution in [3.05, 3.63) is 35.9 Å². The van der Waals surface area contributed by atoms with Gasteiger partial charge in [-0.3, -0.25) is 4.79 Å². The molecule has 1 aromatic rings. The Morgan fingerprint density at radius 2 is 1.94 bits per heavy atom. The average Bonchev–Trinajstić information content (AvgIpc) is 2.38. The fraction of sp³-hybridized carbons (Fsp3) is 0.500. The van der Waals surface area contributed by atoms with Crippen LogP contribution in [0, 0.1) is 0 Å². The van der Waals surface area contributed by atoms with Crippen molar-refractivity contribution in [3.8, 4) is 0 Å². The molecular formula is C14H22N2O2. The zero-order valence-electron chi connectivity index (χ0n) is 11.2. The van der Waals surface area contributed by atoms with Crippen LogP contribution in [0.15, 0.2) is 30.3 Å². The fourth-order valence-electron chi connectivity index (χ4n) is 1.54. The lowest BCUT2D eigenvalue weighted by molar-refractivity contribution is -0.127. The van der Waals surface area contributed by atoms with E-state index >= 15 is 0 Å². The van der Waals surface area contributed by atoms with Crippen LogP contribution in [0.4, 0.5) is 0 Å². The molecule has 4 nitrogen and oxygen atoms in total. The van der Waals surface area contributed by atoms with Gasteiger partial charge in [-0.1, -0.05) is 30.3 Å². The summed E-state index contributed by atoms with van der Waals surface area (Å²) in [5.41, 5.74) is 0.462. The van der Waals surface area contributed by atoms with Gasteiger partial charge in [-0.05, 0) is 32.9 Å². The zero-order valence-corrected chi connectivity index (χ0v) is 11.2. The van der Waals surface area contributed by atoms with Crippen LogP contribution in [-0.2, 0) is 11.2 Å². The molecule has 0 aliphatic heterocycles. The van der Waals surface area contributed by atoms with Crippen LogP contribution >= 0.6 is 0 Å². The SMILES string of the molecule is CNC(C)(C)C(=O)NC(CO)Cc1ccccc1. The fourth-order valence-corrected chi connectivity index (χ4v) is 1.54. The number of aliphatic hydroxyl groups excluding tert-OH is 1. The maximum atomic E-state index is 12.0. The van der Waals surface area contributed by atoms with Crippen molar-refractivity contribution in [2.45, 2.75) is 31.8 Å². The number of amides is 1. The van der Waals surface area contributed by atoms with Gasteiger partial charge in [-0.2, -0.15) is 0 Å². The summed E-state index contributed by atoms with van der Waals surface area (Å²) < 4.78 is 0. The maximum Gasteiger partial charge on any atom is 0.240 e. The van der Waals surface area contributed by atoms with Gasteiger partial charge in [0.1, 0.15) is 0 Å². The van der Waals surface area contributed by atoms with Gasteiger partial charge >= 0.3 is 0 Å². The largest absolute Gasteiger partial charge is 0.394 e. The van der Waals surface area contributed by atoms with Gasteiger partial charge in [-0.15, -0.1) is 0 Å². The van der Waals surface area contributed by atoms with Crippen LogP contribution in [-0.4, -0.2) is 36.2 Å². The van der Waals surface area contributed by atoms with Crippen LogP contribution < -0.4 is 10.6 Å². The molecule has 0 saturated heterocycles. The molecule has 1 atom stereocenters. The van der Waals surface area contributed by atoms with Gasteiger partial charge in [0, 0.05) is 0 Å². The van der Waals surface area contributed by atoms with E-state index in [1.165, 1.54) is 0 Å². The minimum Gasteiger partial charge on any atom is -0.394 e. The quantitative estimate of drug-likeness (QED) is 0.696. The molecule has 3 N–H and O–H groups in total. The number of carbonyl (C=O) groups is 1. The molecular weight excluding hydrogens is 228 g/mol. The van der Waals surface area contributed by atoms with Crippen molar-refractivity contribution in [1.82, 2.24) is 10.6 Å². The standard InChI is InChI=1S/C14H22N2O2/c1-14(2,15-3)13(18)16-12(10-17)9-11-7-5-4-6-8-11/h4-8,12,15,17H,9-10H2,1-3H3,(H,16,18). The minimum atomic E-state index is -0.635. The number of carbonyl (C=O) groups excluding carboxylic acids is 1. The Bertz CT molecular complexity index is 377. The van der Waals surface area contributed by atoms with Crippen LogP contribution in [0.2, 0.25) is 0 Å². The molecule has 1 unspecified atom stereocenters. The van der Waals surface area contributed by atoms with E-state index < -0.39 is 5.54 Å². The summed E-state index contributed by atoms with van der Waals surface area (Å²) in [7, 11) is 1.74. The van der Waals surface area contributed by atoms with E-state index in [1.807, 2.05) is 30.3 Å². The summed E-state index contributed by atoms with van der Waals surface area (Å²) in [4.78, 5) is 12.0. The van der Waals surface area contributed by atoms with Crippen LogP contribution in [0.3, 0.4) is 0 Å². The predicted molar refractivity (Wildman–Crippen MR) is 72.3 cm³/mol. The Morgan fingerprint density at radius 1 is 1.33 bits per heavy atom. The highest BCUT2D eigenvalue weighted by molar-refractivity contribution is 5.85. The number of aliphatic hydroxyl groups is 1. The lowest BCUT2D eigenvalue weighted by Gasteiger charge is -2.26. The number of hydrogen-bond donors (Lipinski definition) is 3. The lowest BCUT2D eigenvalue weighted by atomic mass is 10.0. The second-order valence-electron chi connectivity index (χ2n) is 4.92. The predicted octanol–water partition coefficient (Wildman–Crippen LogP) is 0.704. The average molecular weight is 250 g/mol. The second-order valence-corrected chi connectivity index (χ2v) is 4.92. The maximum absolute atomic E-state index is 12.0. The van der Waals surface area contributed by atoms with Gasteiger partial charge in [0.25, 0.3) is 0 Å². The summed E-state index contributed by atoms with van der Waals surface area (Å²) in [6, 6.07) is 9.55. The first-order chi connectivity index (χ1) is 8.49. The highest BCUT2D eigenvalue weighted by atomic mass is 16.3. The van der Waals surface area contributed by atoms with Gasteiger partial charge in [0.15, 0.2) is 0 Å². The van der Waals surface area contributed by atoms with E-state index in [1.54, 1.807) is 20.9 Å². The molecule has 0 spiro atoms. The van der Waals surface area contributed by atoms with Crippen molar-refractivity contribution in [3.63, 3.8) is 0 Å². The molecule has 0 aliphatic carbocycles. The monoisotopic (exact) mass is 250 g/mol. The first kappa shape index (κ1) is 14.7. The molecule has 4 heteroatoms. The molecule has 0 fully saturated rings. The van der Waals surface area contributed by atoms with Gasteiger partial charge in [0.2, 0.25) is 5.91 Å². The topological polar surface area (TPSA) is 61.4 Å². The molecule has 1 aromatic carbocycles. The highest BCUT2D eigenvalue weighted by Crippen LogP contribution is 2.06. The van der Waals surface area contributed by atoms with Gasteiger partial charge in [0.05, 0.1) is 18.2 Å². The van der Waals surface area contributed by atoms with E-state index in [2.05, 4.69) is 10.6 Å². The van der Waals surface area contributed by atoms with Crippen molar-refractivity contribution in [2.24, 2.45) is 0 Å². The molecule has 0 aliphatic rings. The zero-order chi connectivity index (χ0) is 13.6. The summed E-state index contributed by atoms with van der Waals surface area (Å²) in [5, 5.41) is 15.1. The molecule has 100 valence electrons. The number of nitrogens with one attached hydrogen (secondary N) is 2. The third-order valence-corrected chi connectivity index (χ3v) is 3.07. The number of likely N-dealkylation sites (N-methyl/N-ethyl adjacent to an activating group) is 1. The second kappa shape index (κ2) is 6.52. The number of hydrogen-bond acceptors (Lipinski definition) is 3. The highest BCUT2D eigenvalue weighted by Gasteiger charge is 2.27. The summed E-state index contributed by atoms with van der Waals surface area (Å²) in [6.45, 7) is 3.54. The van der Waals surface area contributed by atoms with Crippen LogP contribution in [0.25, 0.3) is 0 Å². The van der Waals surface area contributed by atoms with E-state index in [9.17, 15) is 9.90 Å². The summed E-state index contributed by atoms with van der Waals surface area (Å²) in [6.07, 6.45) is 0.628. The van der Waals surface area contributed by atoms with Crippen molar-refractivity contribution in [1.29, 1.82) is 0 Å². The smallest absolute Gasteiger partial charge is 0.240 e. The molecule has 18 heavy (non-hydrogen) atoms. The molecule has 0 bridgehead atoms. The molecule has 0 aromatic heterocycles. The summed E-state index contributed by atoms with van der Waals surface area (Å²) >= 11 is 0. The Labute approximate surface area is 108 Å². The van der Waals surface area contributed by atoms with E-state index in [4.69, 9.17) is 0 Å². The molecule has 0 heterocycles. The number of benzene rings is 1. The normalized spacial score (nSPS) is 13.1. The van der Waals surface area contributed by atoms with E-state index in [0.29, 0.717) is 6.42 Å². The number of rotatable bonds is 6. The van der Waals surface area contributed by atoms with Crippen molar-refractivity contribution < 1.29 is 9.90 Å². The van der Waals surface area contributed by atoms with E-state index in [-0.39, 0.29) is 18.6 Å². The molecule has 1 rings (SSSR count). The lowest BCUT2D eigenvalue weighted by Crippen LogP contribution is -2.54. The first-order valence-electron chi connectivity index (χ1n) is 6.14. The Balaban J connectivity index is 2.60. The van der Waals surface area contributed by atoms with Crippen molar-refractivity contribution >= 4 is 5.91 Å². The third kappa shape index (κ3) is 4.13. The van der Waals surface area contributed by atoms with Crippen LogP contribution in [0.1, 0.15) is 19.4 Å². The first-order valence-corrected chi connectivity index (χ1v) is 6.14. The summed E-state index contributed by atoms with van der Waals surface area (Å²) in [5.74, 6) is -0.111.